The molecule has 0 bridgehead atoms. The van der Waals surface area contributed by atoms with Crippen molar-refractivity contribution in [2.24, 2.45) is 11.8 Å². The van der Waals surface area contributed by atoms with Crippen LogP contribution in [0, 0.1) is 18.8 Å². The molecule has 1 aromatic rings. The van der Waals surface area contributed by atoms with Gasteiger partial charge in [0, 0.05) is 43.8 Å². The second kappa shape index (κ2) is 8.08. The molecule has 1 aromatic carbocycles. The summed E-state index contributed by atoms with van der Waals surface area (Å²) in [6.45, 7) is 2.76. The lowest BCUT2D eigenvalue weighted by Crippen LogP contribution is -2.46. The van der Waals surface area contributed by atoms with Crippen LogP contribution in [0.1, 0.15) is 18.4 Å². The van der Waals surface area contributed by atoms with E-state index in [9.17, 15) is 19.8 Å². The highest BCUT2D eigenvalue weighted by atomic mass is 16.3. The van der Waals surface area contributed by atoms with Gasteiger partial charge in [0.2, 0.25) is 11.8 Å². The molecule has 0 aliphatic carbocycles. The Hall–Kier alpha value is -1.92. The molecule has 0 saturated carbocycles. The summed E-state index contributed by atoms with van der Waals surface area (Å²) in [6.07, 6.45) is 0.469. The average Bonchev–Trinajstić information content (AvgIpc) is 2.54. The number of aliphatic hydroxyl groups excluding tert-OH is 2. The molecular weight excluding hydrogens is 296 g/mol. The number of likely N-dealkylation sites (tertiary alicyclic amines) is 1. The fourth-order valence-corrected chi connectivity index (χ4v) is 2.96. The van der Waals surface area contributed by atoms with Gasteiger partial charge in [0.15, 0.2) is 0 Å². The van der Waals surface area contributed by atoms with E-state index < -0.39 is 0 Å². The van der Waals surface area contributed by atoms with Crippen LogP contribution in [0.4, 0.5) is 5.69 Å². The third-order valence-electron chi connectivity index (χ3n) is 4.11. The zero-order valence-corrected chi connectivity index (χ0v) is 13.4. The topological polar surface area (TPSA) is 89.9 Å². The van der Waals surface area contributed by atoms with E-state index in [1.165, 1.54) is 0 Å². The van der Waals surface area contributed by atoms with Gasteiger partial charge < -0.3 is 20.4 Å². The smallest absolute Gasteiger partial charge is 0.233 e. The zero-order valence-electron chi connectivity index (χ0n) is 13.4. The molecule has 23 heavy (non-hydrogen) atoms. The maximum Gasteiger partial charge on any atom is 0.233 e. The van der Waals surface area contributed by atoms with Gasteiger partial charge in [-0.3, -0.25) is 9.59 Å². The summed E-state index contributed by atoms with van der Waals surface area (Å²) < 4.78 is 0. The Labute approximate surface area is 136 Å². The van der Waals surface area contributed by atoms with Crippen molar-refractivity contribution in [2.45, 2.75) is 19.8 Å². The monoisotopic (exact) mass is 320 g/mol. The maximum atomic E-state index is 12.3. The number of benzene rings is 1. The van der Waals surface area contributed by atoms with Crippen LogP contribution in [0.3, 0.4) is 0 Å². The van der Waals surface area contributed by atoms with Crippen LogP contribution in [-0.4, -0.2) is 53.2 Å². The lowest BCUT2D eigenvalue weighted by atomic mass is 9.90. The van der Waals surface area contributed by atoms with Crippen molar-refractivity contribution in [1.29, 1.82) is 0 Å². The van der Waals surface area contributed by atoms with Crippen LogP contribution in [-0.2, 0) is 9.59 Å². The molecular formula is C17H24N2O4. The molecule has 3 N–H and O–H groups in total. The van der Waals surface area contributed by atoms with Gasteiger partial charge in [0.25, 0.3) is 0 Å². The van der Waals surface area contributed by atoms with Gasteiger partial charge in [-0.15, -0.1) is 0 Å². The third-order valence-corrected chi connectivity index (χ3v) is 4.11. The molecule has 2 rings (SSSR count). The largest absolute Gasteiger partial charge is 0.396 e. The lowest BCUT2D eigenvalue weighted by molar-refractivity contribution is -0.137. The Kier molecular flexibility index (Phi) is 6.12. The van der Waals surface area contributed by atoms with E-state index in [0.717, 1.165) is 5.56 Å². The number of piperidine rings is 1. The predicted molar refractivity (Wildman–Crippen MR) is 86.8 cm³/mol. The Morgan fingerprint density at radius 1 is 1.22 bits per heavy atom. The second-order valence-electron chi connectivity index (χ2n) is 6.23. The summed E-state index contributed by atoms with van der Waals surface area (Å²) >= 11 is 0. The minimum atomic E-state index is -0.354. The number of amides is 2. The number of rotatable bonds is 5. The standard InChI is InChI=1S/C17H24N2O4/c1-12-3-2-4-15(5-12)18-16(22)7-17(23)19-8-13(10-20)6-14(9-19)11-21/h2-5,13-14,20-21H,6-11H2,1H3,(H,18,22)/t13-,14+. The highest BCUT2D eigenvalue weighted by molar-refractivity contribution is 6.03. The Morgan fingerprint density at radius 3 is 2.43 bits per heavy atom. The zero-order chi connectivity index (χ0) is 16.8. The first kappa shape index (κ1) is 17.4. The van der Waals surface area contributed by atoms with Crippen molar-refractivity contribution in [3.8, 4) is 0 Å². The normalized spacial score (nSPS) is 21.1. The molecule has 1 heterocycles. The van der Waals surface area contributed by atoms with E-state index in [1.54, 1.807) is 11.0 Å². The molecule has 6 heteroatoms. The average molecular weight is 320 g/mol. The quantitative estimate of drug-likeness (QED) is 0.699. The second-order valence-corrected chi connectivity index (χ2v) is 6.23. The minimum absolute atomic E-state index is 0.0181. The first-order valence-electron chi connectivity index (χ1n) is 7.87. The minimum Gasteiger partial charge on any atom is -0.396 e. The summed E-state index contributed by atoms with van der Waals surface area (Å²) in [7, 11) is 0. The molecule has 0 aromatic heterocycles. The lowest BCUT2D eigenvalue weighted by Gasteiger charge is -2.36. The van der Waals surface area contributed by atoms with Gasteiger partial charge in [-0.2, -0.15) is 0 Å². The van der Waals surface area contributed by atoms with E-state index in [4.69, 9.17) is 0 Å². The molecule has 6 nitrogen and oxygen atoms in total. The van der Waals surface area contributed by atoms with E-state index in [2.05, 4.69) is 5.32 Å². The van der Waals surface area contributed by atoms with Gasteiger partial charge in [-0.05, 0) is 31.0 Å². The number of carbonyl (C=O) groups excluding carboxylic acids is 2. The molecule has 1 saturated heterocycles. The van der Waals surface area contributed by atoms with E-state index in [-0.39, 0.29) is 43.3 Å². The molecule has 1 aliphatic heterocycles. The van der Waals surface area contributed by atoms with Crippen molar-refractivity contribution in [3.63, 3.8) is 0 Å². The SMILES string of the molecule is Cc1cccc(NC(=O)CC(=O)N2C[C@H](CO)C[C@H](CO)C2)c1. The number of anilines is 1. The number of aryl methyl sites for hydroxylation is 1. The van der Waals surface area contributed by atoms with Crippen LogP contribution >= 0.6 is 0 Å². The number of hydrogen-bond donors (Lipinski definition) is 3. The summed E-state index contributed by atoms with van der Waals surface area (Å²) in [5.41, 5.74) is 1.70. The summed E-state index contributed by atoms with van der Waals surface area (Å²) in [6, 6.07) is 7.39. The fourth-order valence-electron chi connectivity index (χ4n) is 2.96. The number of hydrogen-bond acceptors (Lipinski definition) is 4. The Bertz CT molecular complexity index is 549. The van der Waals surface area contributed by atoms with Crippen LogP contribution in [0.15, 0.2) is 24.3 Å². The van der Waals surface area contributed by atoms with Gasteiger partial charge >= 0.3 is 0 Å². The molecule has 0 spiro atoms. The summed E-state index contributed by atoms with van der Waals surface area (Å²) in [4.78, 5) is 25.9. The highest BCUT2D eigenvalue weighted by Gasteiger charge is 2.30. The molecule has 0 unspecified atom stereocenters. The van der Waals surface area contributed by atoms with Crippen molar-refractivity contribution >= 4 is 17.5 Å². The highest BCUT2D eigenvalue weighted by Crippen LogP contribution is 2.22. The Balaban J connectivity index is 1.91. The van der Waals surface area contributed by atoms with Crippen molar-refractivity contribution in [1.82, 2.24) is 4.90 Å². The number of aliphatic hydroxyl groups is 2. The third kappa shape index (κ3) is 5.04. The first-order chi connectivity index (χ1) is 11.0. The number of nitrogens with one attached hydrogen (secondary N) is 1. The first-order valence-corrected chi connectivity index (χ1v) is 7.87. The molecule has 2 atom stereocenters. The van der Waals surface area contributed by atoms with E-state index in [1.807, 2.05) is 25.1 Å². The van der Waals surface area contributed by atoms with Crippen molar-refractivity contribution in [3.05, 3.63) is 29.8 Å². The molecule has 1 fully saturated rings. The molecule has 0 radical (unpaired) electrons. The van der Waals surface area contributed by atoms with Crippen LogP contribution < -0.4 is 5.32 Å². The van der Waals surface area contributed by atoms with Gasteiger partial charge in [-0.25, -0.2) is 0 Å². The number of carbonyl (C=O) groups is 2. The van der Waals surface area contributed by atoms with Crippen molar-refractivity contribution in [2.75, 3.05) is 31.6 Å². The van der Waals surface area contributed by atoms with Crippen LogP contribution in [0.2, 0.25) is 0 Å². The molecule has 2 amide bonds. The van der Waals surface area contributed by atoms with E-state index in [0.29, 0.717) is 25.2 Å². The fraction of sp³-hybridized carbons (Fsp3) is 0.529. The van der Waals surface area contributed by atoms with Crippen LogP contribution in [0.25, 0.3) is 0 Å². The Morgan fingerprint density at radius 2 is 1.87 bits per heavy atom. The van der Waals surface area contributed by atoms with Gasteiger partial charge in [0.05, 0.1) is 0 Å². The summed E-state index contributed by atoms with van der Waals surface area (Å²) in [5, 5.41) is 21.3. The van der Waals surface area contributed by atoms with Crippen molar-refractivity contribution < 1.29 is 19.8 Å². The van der Waals surface area contributed by atoms with Gasteiger partial charge in [-0.1, -0.05) is 12.1 Å². The van der Waals surface area contributed by atoms with Gasteiger partial charge in [0.1, 0.15) is 6.42 Å². The predicted octanol–water partition coefficient (Wildman–Crippen LogP) is 0.773. The number of nitrogens with zero attached hydrogens (tertiary/aromatic N) is 1. The molecule has 126 valence electrons. The maximum absolute atomic E-state index is 12.3. The van der Waals surface area contributed by atoms with E-state index >= 15 is 0 Å². The van der Waals surface area contributed by atoms with Crippen LogP contribution in [0.5, 0.6) is 0 Å². The summed E-state index contributed by atoms with van der Waals surface area (Å²) in [5.74, 6) is -0.701. The molecule has 1 aliphatic rings.